The fourth-order valence-corrected chi connectivity index (χ4v) is 3.03. The van der Waals surface area contributed by atoms with Crippen LogP contribution in [0.3, 0.4) is 0 Å². The van der Waals surface area contributed by atoms with Crippen molar-refractivity contribution in [3.8, 4) is 0 Å². The maximum atomic E-state index is 12.2. The molecule has 1 unspecified atom stereocenters. The van der Waals surface area contributed by atoms with Gasteiger partial charge in [0.1, 0.15) is 11.3 Å². The summed E-state index contributed by atoms with van der Waals surface area (Å²) in [6.07, 6.45) is 4.72. The normalized spacial score (nSPS) is 16.4. The maximum absolute atomic E-state index is 12.2. The molecule has 126 valence electrons. The van der Waals surface area contributed by atoms with Crippen LogP contribution in [-0.4, -0.2) is 16.8 Å². The molecule has 0 spiro atoms. The van der Waals surface area contributed by atoms with Crippen LogP contribution in [0.5, 0.6) is 0 Å². The van der Waals surface area contributed by atoms with Crippen molar-refractivity contribution in [1.29, 1.82) is 0 Å². The molecule has 7 heteroatoms. The fourth-order valence-electron chi connectivity index (χ4n) is 3.03. The number of furan rings is 1. The van der Waals surface area contributed by atoms with Gasteiger partial charge in [0.15, 0.2) is 0 Å². The van der Waals surface area contributed by atoms with Gasteiger partial charge in [0, 0.05) is 18.5 Å². The number of aryl methyl sites for hydroxylation is 2. The molecule has 0 fully saturated rings. The topological polar surface area (TPSA) is 118 Å². The first-order valence-corrected chi connectivity index (χ1v) is 7.92. The zero-order chi connectivity index (χ0) is 17.1. The number of hydrogen-bond acceptors (Lipinski definition) is 4. The molecule has 0 bridgehead atoms. The van der Waals surface area contributed by atoms with Gasteiger partial charge in [0.2, 0.25) is 5.91 Å². The van der Waals surface area contributed by atoms with Crippen molar-refractivity contribution in [2.75, 3.05) is 0 Å². The van der Waals surface area contributed by atoms with Crippen LogP contribution < -0.4 is 16.6 Å². The molecule has 7 nitrogen and oxygen atoms in total. The summed E-state index contributed by atoms with van der Waals surface area (Å²) in [7, 11) is 0. The molecule has 0 saturated carbocycles. The van der Waals surface area contributed by atoms with E-state index in [0.29, 0.717) is 19.3 Å². The highest BCUT2D eigenvalue weighted by molar-refractivity contribution is 5.92. The van der Waals surface area contributed by atoms with Gasteiger partial charge < -0.3 is 20.5 Å². The quantitative estimate of drug-likeness (QED) is 0.763. The van der Waals surface area contributed by atoms with Gasteiger partial charge in [-0.2, -0.15) is 0 Å². The van der Waals surface area contributed by atoms with E-state index in [1.54, 1.807) is 12.3 Å². The van der Waals surface area contributed by atoms with Crippen molar-refractivity contribution in [2.24, 2.45) is 5.73 Å². The van der Waals surface area contributed by atoms with E-state index in [9.17, 15) is 14.4 Å². The second-order valence-electron chi connectivity index (χ2n) is 5.90. The van der Waals surface area contributed by atoms with Gasteiger partial charge in [-0.1, -0.05) is 0 Å². The second-order valence-corrected chi connectivity index (χ2v) is 5.90. The number of nitrogens with one attached hydrogen (secondary N) is 2. The SMILES string of the molecule is NC(=O)c1cc2c([nH]c1=O)CCCC2NC(=O)CCc1ccco1. The van der Waals surface area contributed by atoms with Crippen molar-refractivity contribution >= 4 is 11.8 Å². The number of primary amides is 1. The lowest BCUT2D eigenvalue weighted by molar-refractivity contribution is -0.122. The first kappa shape index (κ1) is 16.0. The number of carbonyl (C=O) groups excluding carboxylic acids is 2. The standard InChI is InChI=1S/C17H19N3O4/c18-16(22)12-9-11-13(4-1-5-14(11)20-17(12)23)19-15(21)7-6-10-3-2-8-24-10/h2-3,8-9,13H,1,4-7H2,(H2,18,22)(H,19,21)(H,20,23). The van der Waals surface area contributed by atoms with E-state index < -0.39 is 11.5 Å². The van der Waals surface area contributed by atoms with E-state index in [0.717, 1.165) is 29.9 Å². The lowest BCUT2D eigenvalue weighted by Gasteiger charge is -2.26. The van der Waals surface area contributed by atoms with Crippen LogP contribution in [0, 0.1) is 0 Å². The molecule has 0 aromatic carbocycles. The molecule has 0 aliphatic heterocycles. The molecular formula is C17H19N3O4. The van der Waals surface area contributed by atoms with E-state index in [4.69, 9.17) is 10.2 Å². The van der Waals surface area contributed by atoms with Gasteiger partial charge in [-0.15, -0.1) is 0 Å². The number of fused-ring (bicyclic) bond motifs is 1. The third-order valence-corrected chi connectivity index (χ3v) is 4.23. The van der Waals surface area contributed by atoms with Crippen LogP contribution >= 0.6 is 0 Å². The number of carbonyl (C=O) groups is 2. The zero-order valence-electron chi connectivity index (χ0n) is 13.1. The summed E-state index contributed by atoms with van der Waals surface area (Å²) in [5.74, 6) is -0.113. The predicted octanol–water partition coefficient (Wildman–Crippen LogP) is 1.19. The van der Waals surface area contributed by atoms with Crippen LogP contribution in [0.4, 0.5) is 0 Å². The Morgan fingerprint density at radius 3 is 2.96 bits per heavy atom. The Bertz CT molecular complexity index is 808. The highest BCUT2D eigenvalue weighted by Gasteiger charge is 2.24. The number of aromatic nitrogens is 1. The van der Waals surface area contributed by atoms with Gasteiger partial charge >= 0.3 is 0 Å². The Labute approximate surface area is 138 Å². The van der Waals surface area contributed by atoms with Gasteiger partial charge in [0.25, 0.3) is 11.5 Å². The van der Waals surface area contributed by atoms with E-state index in [1.807, 2.05) is 6.07 Å². The highest BCUT2D eigenvalue weighted by Crippen LogP contribution is 2.28. The fraction of sp³-hybridized carbons (Fsp3) is 0.353. The minimum absolute atomic E-state index is 0.0783. The Morgan fingerprint density at radius 2 is 2.25 bits per heavy atom. The molecule has 4 N–H and O–H groups in total. The van der Waals surface area contributed by atoms with Crippen LogP contribution in [0.15, 0.2) is 33.7 Å². The number of nitrogens with two attached hydrogens (primary N) is 1. The molecule has 1 aliphatic carbocycles. The molecule has 1 aliphatic rings. The summed E-state index contributed by atoms with van der Waals surface area (Å²) < 4.78 is 5.21. The van der Waals surface area contributed by atoms with E-state index in [2.05, 4.69) is 10.3 Å². The number of amides is 2. The minimum atomic E-state index is -0.771. The Morgan fingerprint density at radius 1 is 1.42 bits per heavy atom. The third-order valence-electron chi connectivity index (χ3n) is 4.23. The average Bonchev–Trinajstić information content (AvgIpc) is 3.05. The van der Waals surface area contributed by atoms with Gasteiger partial charge in [-0.05, 0) is 43.0 Å². The summed E-state index contributed by atoms with van der Waals surface area (Å²) in [5.41, 5.74) is 6.20. The zero-order valence-corrected chi connectivity index (χ0v) is 13.1. The van der Waals surface area contributed by atoms with E-state index >= 15 is 0 Å². The smallest absolute Gasteiger partial charge is 0.261 e. The molecule has 2 aromatic rings. The summed E-state index contributed by atoms with van der Waals surface area (Å²) in [4.78, 5) is 38.1. The molecule has 2 amide bonds. The summed E-state index contributed by atoms with van der Waals surface area (Å²) >= 11 is 0. The average molecular weight is 329 g/mol. The first-order valence-electron chi connectivity index (χ1n) is 7.92. The van der Waals surface area contributed by atoms with Gasteiger partial charge in [-0.3, -0.25) is 14.4 Å². The maximum Gasteiger partial charge on any atom is 0.261 e. The molecule has 0 radical (unpaired) electrons. The number of hydrogen-bond donors (Lipinski definition) is 3. The largest absolute Gasteiger partial charge is 0.469 e. The van der Waals surface area contributed by atoms with Gasteiger partial charge in [-0.25, -0.2) is 0 Å². The molecular weight excluding hydrogens is 310 g/mol. The summed E-state index contributed by atoms with van der Waals surface area (Å²) in [6, 6.07) is 4.89. The van der Waals surface area contributed by atoms with Crippen LogP contribution in [0.2, 0.25) is 0 Å². The van der Waals surface area contributed by atoms with Crippen molar-refractivity contribution < 1.29 is 14.0 Å². The Balaban J connectivity index is 1.74. The monoisotopic (exact) mass is 329 g/mol. The van der Waals surface area contributed by atoms with Crippen LogP contribution in [0.25, 0.3) is 0 Å². The summed E-state index contributed by atoms with van der Waals surface area (Å²) in [5, 5.41) is 2.97. The Kier molecular flexibility index (Phi) is 4.50. The van der Waals surface area contributed by atoms with Crippen molar-refractivity contribution in [3.05, 3.63) is 57.4 Å². The third kappa shape index (κ3) is 3.40. The number of aromatic amines is 1. The molecule has 2 heterocycles. The lowest BCUT2D eigenvalue weighted by Crippen LogP contribution is -2.34. The molecule has 24 heavy (non-hydrogen) atoms. The highest BCUT2D eigenvalue weighted by atomic mass is 16.3. The van der Waals surface area contributed by atoms with Crippen molar-refractivity contribution in [3.63, 3.8) is 0 Å². The minimum Gasteiger partial charge on any atom is -0.469 e. The van der Waals surface area contributed by atoms with Gasteiger partial charge in [0.05, 0.1) is 12.3 Å². The van der Waals surface area contributed by atoms with Crippen molar-refractivity contribution in [2.45, 2.75) is 38.1 Å². The van der Waals surface area contributed by atoms with E-state index in [-0.39, 0.29) is 17.5 Å². The first-order chi connectivity index (χ1) is 11.5. The second kappa shape index (κ2) is 6.74. The van der Waals surface area contributed by atoms with Crippen molar-refractivity contribution in [1.82, 2.24) is 10.3 Å². The summed E-state index contributed by atoms with van der Waals surface area (Å²) in [6.45, 7) is 0. The molecule has 2 aromatic heterocycles. The Hall–Kier alpha value is -2.83. The predicted molar refractivity (Wildman–Crippen MR) is 86.4 cm³/mol. The van der Waals surface area contributed by atoms with E-state index in [1.165, 1.54) is 6.07 Å². The number of H-pyrrole nitrogens is 1. The lowest BCUT2D eigenvalue weighted by atomic mass is 9.90. The van der Waals surface area contributed by atoms with Crippen LogP contribution in [-0.2, 0) is 17.6 Å². The molecule has 1 atom stereocenters. The molecule has 3 rings (SSSR count). The molecule has 0 saturated heterocycles. The number of pyridine rings is 1. The number of rotatable bonds is 5. The van der Waals surface area contributed by atoms with Crippen LogP contribution in [0.1, 0.15) is 52.7 Å².